The molecule has 0 aliphatic heterocycles. The lowest BCUT2D eigenvalue weighted by atomic mass is 10.3. The van der Waals surface area contributed by atoms with Gasteiger partial charge in [-0.3, -0.25) is 0 Å². The first-order valence-corrected chi connectivity index (χ1v) is 8.53. The first-order chi connectivity index (χ1) is 12.7. The molecular weight excluding hydrogens is 443 g/mol. The largest absolute Gasteiger partial charge is 0.457 e. The molecule has 0 heterocycles. The van der Waals surface area contributed by atoms with E-state index in [0.717, 1.165) is 9.32 Å². The molecule has 0 radical (unpaired) electrons. The van der Waals surface area contributed by atoms with Crippen LogP contribution in [0.3, 0.4) is 0 Å². The van der Waals surface area contributed by atoms with Crippen LogP contribution in [0.25, 0.3) is 0 Å². The normalized spacial score (nSPS) is 8.96. The summed E-state index contributed by atoms with van der Waals surface area (Å²) in [5, 5.41) is 0. The summed E-state index contributed by atoms with van der Waals surface area (Å²) >= 11 is 2.18. The quantitative estimate of drug-likeness (QED) is 0.287. The highest BCUT2D eigenvalue weighted by Crippen LogP contribution is 2.23. The predicted molar refractivity (Wildman–Crippen MR) is 108 cm³/mol. The van der Waals surface area contributed by atoms with Gasteiger partial charge in [-0.05, 0) is 83.3 Å². The number of hydrogen-bond acceptors (Lipinski definition) is 5. The first-order valence-electron chi connectivity index (χ1n) is 7.45. The second kappa shape index (κ2) is 10.7. The van der Waals surface area contributed by atoms with Gasteiger partial charge in [0.25, 0.3) is 0 Å². The van der Waals surface area contributed by atoms with Gasteiger partial charge < -0.3 is 4.74 Å². The molecular formula is C20H13IN2O3. The highest BCUT2D eigenvalue weighted by atomic mass is 127. The molecule has 3 aromatic rings. The van der Waals surface area contributed by atoms with Crippen LogP contribution in [0.2, 0.25) is 0 Å². The highest BCUT2D eigenvalue weighted by molar-refractivity contribution is 14.1. The molecule has 0 spiro atoms. The van der Waals surface area contributed by atoms with Crippen LogP contribution in [0.15, 0.2) is 88.8 Å². The Bertz CT molecular complexity index is 914. The monoisotopic (exact) mass is 456 g/mol. The number of benzene rings is 3. The molecule has 0 N–H and O–H groups in total. The molecule has 5 nitrogen and oxygen atoms in total. The van der Waals surface area contributed by atoms with Crippen LogP contribution in [-0.4, -0.2) is 12.2 Å². The number of nitrogens with zero attached hydrogens (tertiary/aromatic N) is 2. The second-order valence-corrected chi connectivity index (χ2v) is 6.04. The summed E-state index contributed by atoms with van der Waals surface area (Å²) in [5.74, 6) is 1.48. The average molecular weight is 456 g/mol. The van der Waals surface area contributed by atoms with Crippen molar-refractivity contribution in [1.29, 1.82) is 0 Å². The fraction of sp³-hybridized carbons (Fsp3) is 0. The smallest absolute Gasteiger partial charge is 0.240 e. The molecule has 0 aliphatic rings. The summed E-state index contributed by atoms with van der Waals surface area (Å²) in [4.78, 5) is 26.7. The third-order valence-electron chi connectivity index (χ3n) is 2.99. The summed E-state index contributed by atoms with van der Waals surface area (Å²) in [6.07, 6.45) is 2.96. The Morgan fingerprint density at radius 2 is 1.12 bits per heavy atom. The Labute approximate surface area is 164 Å². The van der Waals surface area contributed by atoms with E-state index in [0.29, 0.717) is 17.1 Å². The standard InChI is InChI=1S/C13H9NO2.C7H4INO/c15-10-14-11-6-8-13(9-7-11)16-12-4-2-1-3-5-12;8-6-1-3-7(4-2-6)9-5-10/h1-9H;1-4H. The van der Waals surface area contributed by atoms with Crippen molar-refractivity contribution >= 4 is 46.1 Å². The van der Waals surface area contributed by atoms with Crippen LogP contribution in [0.5, 0.6) is 11.5 Å². The summed E-state index contributed by atoms with van der Waals surface area (Å²) in [6.45, 7) is 0. The van der Waals surface area contributed by atoms with Gasteiger partial charge >= 0.3 is 0 Å². The zero-order chi connectivity index (χ0) is 18.6. The number of aliphatic imine (C=N–C) groups is 2. The zero-order valence-corrected chi connectivity index (χ0v) is 15.7. The fourth-order valence-electron chi connectivity index (χ4n) is 1.83. The fourth-order valence-corrected chi connectivity index (χ4v) is 2.19. The van der Waals surface area contributed by atoms with Crippen LogP contribution in [0.4, 0.5) is 11.4 Å². The molecule has 128 valence electrons. The van der Waals surface area contributed by atoms with Crippen molar-refractivity contribution in [2.24, 2.45) is 9.98 Å². The Morgan fingerprint density at radius 3 is 1.62 bits per heavy atom. The highest BCUT2D eigenvalue weighted by Gasteiger charge is 1.96. The van der Waals surface area contributed by atoms with E-state index < -0.39 is 0 Å². The van der Waals surface area contributed by atoms with Crippen molar-refractivity contribution in [1.82, 2.24) is 0 Å². The van der Waals surface area contributed by atoms with Gasteiger partial charge in [-0.1, -0.05) is 18.2 Å². The van der Waals surface area contributed by atoms with Gasteiger partial charge in [-0.25, -0.2) is 9.59 Å². The van der Waals surface area contributed by atoms with E-state index in [9.17, 15) is 9.59 Å². The van der Waals surface area contributed by atoms with Gasteiger partial charge in [0, 0.05) is 3.57 Å². The topological polar surface area (TPSA) is 68.1 Å². The maximum Gasteiger partial charge on any atom is 0.240 e. The number of isocyanates is 2. The summed E-state index contributed by atoms with van der Waals surface area (Å²) < 4.78 is 6.70. The molecule has 0 fully saturated rings. The Hall–Kier alpha value is -3.05. The molecule has 0 atom stereocenters. The van der Waals surface area contributed by atoms with E-state index in [1.54, 1.807) is 36.4 Å². The number of carbonyl (C=O) groups excluding carboxylic acids is 2. The molecule has 0 aliphatic carbocycles. The third-order valence-corrected chi connectivity index (χ3v) is 3.71. The minimum Gasteiger partial charge on any atom is -0.457 e. The Kier molecular flexibility index (Phi) is 7.96. The molecule has 0 saturated carbocycles. The summed E-state index contributed by atoms with van der Waals surface area (Å²) in [5.41, 5.74) is 1.21. The van der Waals surface area contributed by atoms with E-state index in [4.69, 9.17) is 4.74 Å². The Balaban J connectivity index is 0.000000209. The second-order valence-electron chi connectivity index (χ2n) is 4.79. The van der Waals surface area contributed by atoms with Crippen LogP contribution < -0.4 is 4.74 Å². The van der Waals surface area contributed by atoms with Crippen molar-refractivity contribution in [3.8, 4) is 11.5 Å². The van der Waals surface area contributed by atoms with Crippen molar-refractivity contribution in [2.75, 3.05) is 0 Å². The van der Waals surface area contributed by atoms with Gasteiger partial charge in [0.05, 0.1) is 11.4 Å². The van der Waals surface area contributed by atoms with E-state index in [-0.39, 0.29) is 0 Å². The molecule has 0 saturated heterocycles. The van der Waals surface area contributed by atoms with E-state index in [1.807, 2.05) is 42.5 Å². The van der Waals surface area contributed by atoms with Crippen molar-refractivity contribution in [3.05, 3.63) is 82.4 Å². The molecule has 0 aromatic heterocycles. The minimum atomic E-state index is 0.565. The van der Waals surface area contributed by atoms with Crippen LogP contribution >= 0.6 is 22.6 Å². The van der Waals surface area contributed by atoms with E-state index >= 15 is 0 Å². The van der Waals surface area contributed by atoms with Crippen LogP contribution in [0.1, 0.15) is 0 Å². The molecule has 6 heteroatoms. The number of hydrogen-bond donors (Lipinski definition) is 0. The lowest BCUT2D eigenvalue weighted by Gasteiger charge is -2.04. The maximum atomic E-state index is 10.0. The maximum absolute atomic E-state index is 10.0. The average Bonchev–Trinajstić information content (AvgIpc) is 2.67. The van der Waals surface area contributed by atoms with Crippen molar-refractivity contribution in [3.63, 3.8) is 0 Å². The number of para-hydroxylation sites is 1. The van der Waals surface area contributed by atoms with Gasteiger partial charge in [-0.15, -0.1) is 0 Å². The van der Waals surface area contributed by atoms with E-state index in [1.165, 1.54) is 12.2 Å². The van der Waals surface area contributed by atoms with Gasteiger partial charge in [-0.2, -0.15) is 9.98 Å². The van der Waals surface area contributed by atoms with Gasteiger partial charge in [0.1, 0.15) is 11.5 Å². The third kappa shape index (κ3) is 6.83. The molecule has 0 unspecified atom stereocenters. The molecule has 3 aromatic carbocycles. The summed E-state index contributed by atoms with van der Waals surface area (Å²) in [6, 6.07) is 23.7. The first kappa shape index (κ1) is 19.3. The molecule has 0 bridgehead atoms. The number of halogens is 1. The molecule has 3 rings (SSSR count). The van der Waals surface area contributed by atoms with E-state index in [2.05, 4.69) is 32.6 Å². The predicted octanol–water partition coefficient (Wildman–Crippen LogP) is 5.70. The van der Waals surface area contributed by atoms with Crippen molar-refractivity contribution < 1.29 is 14.3 Å². The van der Waals surface area contributed by atoms with Crippen LogP contribution in [0, 0.1) is 3.57 Å². The lowest BCUT2D eigenvalue weighted by molar-refractivity contribution is 0.483. The van der Waals surface area contributed by atoms with Gasteiger partial charge in [0.2, 0.25) is 12.2 Å². The lowest BCUT2D eigenvalue weighted by Crippen LogP contribution is -1.82. The number of rotatable bonds is 4. The minimum absolute atomic E-state index is 0.565. The summed E-state index contributed by atoms with van der Waals surface area (Å²) in [7, 11) is 0. The van der Waals surface area contributed by atoms with Gasteiger partial charge in [0.15, 0.2) is 0 Å². The zero-order valence-electron chi connectivity index (χ0n) is 13.5. The van der Waals surface area contributed by atoms with Crippen molar-refractivity contribution in [2.45, 2.75) is 0 Å². The van der Waals surface area contributed by atoms with Crippen LogP contribution in [-0.2, 0) is 9.59 Å². The molecule has 26 heavy (non-hydrogen) atoms. The SMILES string of the molecule is O=C=Nc1ccc(I)cc1.O=C=Nc1ccc(Oc2ccccc2)cc1. The number of ether oxygens (including phenoxy) is 1. The Morgan fingerprint density at radius 1 is 0.654 bits per heavy atom. The molecule has 0 amide bonds.